The number of benzene rings is 2. The molecule has 0 fully saturated rings. The molecule has 0 unspecified atom stereocenters. The highest BCUT2D eigenvalue weighted by molar-refractivity contribution is 6.31. The fourth-order valence-corrected chi connectivity index (χ4v) is 2.61. The molecule has 2 aromatic carbocycles. The minimum atomic E-state index is -0.527. The summed E-state index contributed by atoms with van der Waals surface area (Å²) in [7, 11) is 1.56. The summed E-state index contributed by atoms with van der Waals surface area (Å²) >= 11 is 6.13. The van der Waals surface area contributed by atoms with Crippen LogP contribution < -0.4 is 15.4 Å². The van der Waals surface area contributed by atoms with Gasteiger partial charge in [-0.1, -0.05) is 29.8 Å². The average Bonchev–Trinajstić information content (AvgIpc) is 2.68. The molecule has 0 aliphatic heterocycles. The van der Waals surface area contributed by atoms with Crippen molar-refractivity contribution in [3.8, 4) is 5.75 Å². The molecule has 0 amide bonds. The first-order chi connectivity index (χ1) is 13.1. The Morgan fingerprint density at radius 3 is 2.48 bits per heavy atom. The minimum absolute atomic E-state index is 0.0850. The molecule has 3 aromatic rings. The fraction of sp³-hybridized carbons (Fsp3) is 0.111. The third-order valence-corrected chi connectivity index (χ3v) is 4.13. The van der Waals surface area contributed by atoms with Crippen molar-refractivity contribution in [1.82, 2.24) is 9.97 Å². The van der Waals surface area contributed by atoms with E-state index in [9.17, 15) is 10.1 Å². The lowest BCUT2D eigenvalue weighted by atomic mass is 10.2. The fourth-order valence-electron chi connectivity index (χ4n) is 2.40. The molecule has 0 bridgehead atoms. The van der Waals surface area contributed by atoms with Gasteiger partial charge < -0.3 is 15.4 Å². The maximum Gasteiger partial charge on any atom is 0.353 e. The monoisotopic (exact) mass is 385 g/mol. The molecule has 0 aliphatic rings. The lowest BCUT2D eigenvalue weighted by molar-refractivity contribution is -0.383. The molecule has 2 N–H and O–H groups in total. The molecule has 0 spiro atoms. The summed E-state index contributed by atoms with van der Waals surface area (Å²) in [6.45, 7) is 0.291. The Labute approximate surface area is 160 Å². The van der Waals surface area contributed by atoms with Gasteiger partial charge in [0.1, 0.15) is 12.1 Å². The van der Waals surface area contributed by atoms with E-state index in [2.05, 4.69) is 20.6 Å². The number of aromatic nitrogens is 2. The maximum absolute atomic E-state index is 11.6. The zero-order chi connectivity index (χ0) is 19.2. The third kappa shape index (κ3) is 4.42. The van der Waals surface area contributed by atoms with Crippen molar-refractivity contribution in [2.24, 2.45) is 0 Å². The standard InChI is InChI=1S/C18H16ClN5O3/c1-27-14-8-6-13(7-9-14)23-18-16(24(25)26)17(21-11-22-18)20-10-12-4-2-3-5-15(12)19/h2-9,11H,10H2,1H3,(H2,20,21,22,23). The number of hydrogen-bond donors (Lipinski definition) is 2. The van der Waals surface area contributed by atoms with Crippen LogP contribution in [0.1, 0.15) is 5.56 Å². The number of nitro groups is 1. The lowest BCUT2D eigenvalue weighted by Crippen LogP contribution is -2.08. The smallest absolute Gasteiger partial charge is 0.353 e. The number of rotatable bonds is 7. The van der Waals surface area contributed by atoms with Crippen molar-refractivity contribution >= 4 is 34.6 Å². The van der Waals surface area contributed by atoms with Gasteiger partial charge >= 0.3 is 5.69 Å². The van der Waals surface area contributed by atoms with Crippen LogP contribution in [0.4, 0.5) is 23.0 Å². The number of nitrogens with one attached hydrogen (secondary N) is 2. The highest BCUT2D eigenvalue weighted by Gasteiger charge is 2.23. The quantitative estimate of drug-likeness (QED) is 0.459. The van der Waals surface area contributed by atoms with Crippen molar-refractivity contribution in [2.75, 3.05) is 17.7 Å². The molecule has 0 saturated heterocycles. The Morgan fingerprint density at radius 1 is 1.11 bits per heavy atom. The number of nitrogens with zero attached hydrogens (tertiary/aromatic N) is 3. The van der Waals surface area contributed by atoms with Gasteiger partial charge in [0.15, 0.2) is 0 Å². The van der Waals surface area contributed by atoms with E-state index in [1.54, 1.807) is 37.4 Å². The number of ether oxygens (including phenoxy) is 1. The van der Waals surface area contributed by atoms with Gasteiger partial charge in [-0.2, -0.15) is 0 Å². The van der Waals surface area contributed by atoms with Crippen molar-refractivity contribution in [3.63, 3.8) is 0 Å². The van der Waals surface area contributed by atoms with E-state index in [1.807, 2.05) is 18.2 Å². The molecule has 27 heavy (non-hydrogen) atoms. The van der Waals surface area contributed by atoms with Crippen LogP contribution in [0.2, 0.25) is 5.02 Å². The number of hydrogen-bond acceptors (Lipinski definition) is 7. The lowest BCUT2D eigenvalue weighted by Gasteiger charge is -2.11. The van der Waals surface area contributed by atoms with Gasteiger partial charge in [-0.05, 0) is 35.9 Å². The van der Waals surface area contributed by atoms with Crippen LogP contribution in [0.5, 0.6) is 5.75 Å². The van der Waals surface area contributed by atoms with Crippen molar-refractivity contribution < 1.29 is 9.66 Å². The number of methoxy groups -OCH3 is 1. The Morgan fingerprint density at radius 2 is 1.81 bits per heavy atom. The zero-order valence-electron chi connectivity index (χ0n) is 14.3. The van der Waals surface area contributed by atoms with E-state index < -0.39 is 4.92 Å². The van der Waals surface area contributed by atoms with Gasteiger partial charge in [0.2, 0.25) is 11.6 Å². The highest BCUT2D eigenvalue weighted by atomic mass is 35.5. The van der Waals surface area contributed by atoms with Gasteiger partial charge in [0.05, 0.1) is 12.0 Å². The van der Waals surface area contributed by atoms with E-state index >= 15 is 0 Å². The first-order valence-corrected chi connectivity index (χ1v) is 8.34. The summed E-state index contributed by atoms with van der Waals surface area (Å²) in [5.41, 5.74) is 1.19. The Balaban J connectivity index is 1.85. The molecule has 8 nitrogen and oxygen atoms in total. The number of anilines is 3. The molecular formula is C18H16ClN5O3. The van der Waals surface area contributed by atoms with Crippen LogP contribution in [-0.2, 0) is 6.54 Å². The first kappa shape index (κ1) is 18.4. The molecule has 0 saturated carbocycles. The summed E-state index contributed by atoms with van der Waals surface area (Å²) in [6.07, 6.45) is 1.26. The predicted molar refractivity (Wildman–Crippen MR) is 104 cm³/mol. The minimum Gasteiger partial charge on any atom is -0.497 e. The van der Waals surface area contributed by atoms with Gasteiger partial charge in [-0.25, -0.2) is 9.97 Å². The Bertz CT molecular complexity index is 950. The average molecular weight is 386 g/mol. The second kappa shape index (κ2) is 8.33. The number of halogens is 1. The van der Waals surface area contributed by atoms with Crippen LogP contribution in [0.25, 0.3) is 0 Å². The van der Waals surface area contributed by atoms with Crippen molar-refractivity contribution in [3.05, 3.63) is 75.6 Å². The SMILES string of the molecule is COc1ccc(Nc2ncnc(NCc3ccccc3Cl)c2[N+](=O)[O-])cc1. The molecule has 0 atom stereocenters. The second-order valence-electron chi connectivity index (χ2n) is 5.48. The van der Waals surface area contributed by atoms with Crippen LogP contribution in [0.15, 0.2) is 54.9 Å². The van der Waals surface area contributed by atoms with Gasteiger partial charge in [0.25, 0.3) is 0 Å². The van der Waals surface area contributed by atoms with Crippen LogP contribution in [0.3, 0.4) is 0 Å². The highest BCUT2D eigenvalue weighted by Crippen LogP contribution is 2.32. The van der Waals surface area contributed by atoms with Gasteiger partial charge in [-0.15, -0.1) is 0 Å². The largest absolute Gasteiger partial charge is 0.497 e. The predicted octanol–water partition coefficient (Wildman–Crippen LogP) is 4.40. The van der Waals surface area contributed by atoms with Crippen LogP contribution in [0, 0.1) is 10.1 Å². The van der Waals surface area contributed by atoms with Crippen molar-refractivity contribution in [2.45, 2.75) is 6.54 Å². The molecule has 0 aliphatic carbocycles. The summed E-state index contributed by atoms with van der Waals surface area (Å²) < 4.78 is 5.10. The van der Waals surface area contributed by atoms with Crippen LogP contribution in [-0.4, -0.2) is 22.0 Å². The topological polar surface area (TPSA) is 102 Å². The van der Waals surface area contributed by atoms with E-state index in [0.717, 1.165) is 5.56 Å². The molecule has 1 heterocycles. The molecule has 3 rings (SSSR count). The van der Waals surface area contributed by atoms with Gasteiger partial charge in [-0.3, -0.25) is 10.1 Å². The van der Waals surface area contributed by atoms with E-state index in [1.165, 1.54) is 6.33 Å². The summed E-state index contributed by atoms with van der Waals surface area (Å²) in [5.74, 6) is 0.868. The molecule has 0 radical (unpaired) electrons. The van der Waals surface area contributed by atoms with Gasteiger partial charge in [0, 0.05) is 17.3 Å². The van der Waals surface area contributed by atoms with Crippen LogP contribution >= 0.6 is 11.6 Å². The van der Waals surface area contributed by atoms with E-state index in [0.29, 0.717) is 23.0 Å². The second-order valence-corrected chi connectivity index (χ2v) is 5.88. The Hall–Kier alpha value is -3.39. The first-order valence-electron chi connectivity index (χ1n) is 7.96. The maximum atomic E-state index is 11.6. The molecule has 138 valence electrons. The van der Waals surface area contributed by atoms with E-state index in [-0.39, 0.29) is 17.3 Å². The third-order valence-electron chi connectivity index (χ3n) is 3.76. The summed E-state index contributed by atoms with van der Waals surface area (Å²) in [6, 6.07) is 14.2. The van der Waals surface area contributed by atoms with Crippen molar-refractivity contribution in [1.29, 1.82) is 0 Å². The zero-order valence-corrected chi connectivity index (χ0v) is 15.1. The summed E-state index contributed by atoms with van der Waals surface area (Å²) in [4.78, 5) is 19.1. The Kier molecular flexibility index (Phi) is 5.68. The van der Waals surface area contributed by atoms with E-state index in [4.69, 9.17) is 16.3 Å². The normalized spacial score (nSPS) is 10.3. The molecule has 9 heteroatoms. The molecule has 1 aromatic heterocycles. The molecular weight excluding hydrogens is 370 g/mol. The summed E-state index contributed by atoms with van der Waals surface area (Å²) in [5, 5.41) is 18.1.